The number of ether oxygens (including phenoxy) is 2. The van der Waals surface area contributed by atoms with Crippen LogP contribution in [0.25, 0.3) is 0 Å². The Morgan fingerprint density at radius 3 is 2.61 bits per heavy atom. The van der Waals surface area contributed by atoms with Gasteiger partial charge in [-0.2, -0.15) is 0 Å². The quantitative estimate of drug-likeness (QED) is 0.829. The summed E-state index contributed by atoms with van der Waals surface area (Å²) in [5.74, 6) is 1.40. The van der Waals surface area contributed by atoms with Crippen molar-refractivity contribution < 1.29 is 14.6 Å². The maximum absolute atomic E-state index is 9.19. The van der Waals surface area contributed by atoms with E-state index in [4.69, 9.17) is 9.47 Å². The van der Waals surface area contributed by atoms with Gasteiger partial charge in [0.15, 0.2) is 11.5 Å². The molecule has 18 heavy (non-hydrogen) atoms. The Bertz CT molecular complexity index is 380. The summed E-state index contributed by atoms with van der Waals surface area (Å²) in [5.41, 5.74) is 0.806. The maximum atomic E-state index is 9.19. The molecule has 0 saturated carbocycles. The van der Waals surface area contributed by atoms with E-state index in [-0.39, 0.29) is 12.7 Å². The summed E-state index contributed by atoms with van der Waals surface area (Å²) in [6, 6.07) is 3.68. The monoisotopic (exact) mass is 316 g/mol. The largest absolute Gasteiger partial charge is 0.490 e. The van der Waals surface area contributed by atoms with Gasteiger partial charge in [-0.25, -0.2) is 0 Å². The van der Waals surface area contributed by atoms with E-state index in [1.165, 1.54) is 0 Å². The summed E-state index contributed by atoms with van der Waals surface area (Å²) in [6.45, 7) is 6.67. The second-order valence-corrected chi connectivity index (χ2v) is 5.07. The molecule has 0 fully saturated rings. The highest BCUT2D eigenvalue weighted by molar-refractivity contribution is 9.10. The minimum absolute atomic E-state index is 0.0104. The lowest BCUT2D eigenvalue weighted by Gasteiger charge is -2.19. The van der Waals surface area contributed by atoms with E-state index in [0.717, 1.165) is 28.6 Å². The van der Waals surface area contributed by atoms with Crippen LogP contribution in [-0.4, -0.2) is 17.8 Å². The number of hydrogen-bond acceptors (Lipinski definition) is 3. The van der Waals surface area contributed by atoms with Gasteiger partial charge in [-0.05, 0) is 53.9 Å². The molecule has 102 valence electrons. The molecule has 3 nitrogen and oxygen atoms in total. The van der Waals surface area contributed by atoms with Crippen molar-refractivity contribution in [2.75, 3.05) is 6.61 Å². The van der Waals surface area contributed by atoms with Crippen molar-refractivity contribution in [2.24, 2.45) is 0 Å². The number of aliphatic hydroxyl groups is 1. The summed E-state index contributed by atoms with van der Waals surface area (Å²) < 4.78 is 12.3. The van der Waals surface area contributed by atoms with Gasteiger partial charge in [-0.3, -0.25) is 0 Å². The minimum atomic E-state index is -0.0104. The summed E-state index contributed by atoms with van der Waals surface area (Å²) in [4.78, 5) is 0. The molecule has 0 aliphatic carbocycles. The van der Waals surface area contributed by atoms with Gasteiger partial charge in [0, 0.05) is 0 Å². The van der Waals surface area contributed by atoms with Crippen molar-refractivity contribution in [3.05, 3.63) is 22.2 Å². The highest BCUT2D eigenvalue weighted by Crippen LogP contribution is 2.37. The SMILES string of the molecule is CCCC(C)Oc1c(Br)cc(CO)cc1OCC. The van der Waals surface area contributed by atoms with Crippen LogP contribution in [0.1, 0.15) is 39.2 Å². The second kappa shape index (κ2) is 7.64. The van der Waals surface area contributed by atoms with Gasteiger partial charge in [0.2, 0.25) is 0 Å². The number of aliphatic hydroxyl groups excluding tert-OH is 1. The van der Waals surface area contributed by atoms with E-state index >= 15 is 0 Å². The second-order valence-electron chi connectivity index (χ2n) is 4.21. The van der Waals surface area contributed by atoms with Crippen LogP contribution >= 0.6 is 15.9 Å². The average Bonchev–Trinajstić information content (AvgIpc) is 2.33. The molecule has 0 heterocycles. The van der Waals surface area contributed by atoms with Gasteiger partial charge >= 0.3 is 0 Å². The van der Waals surface area contributed by atoms with E-state index < -0.39 is 0 Å². The van der Waals surface area contributed by atoms with Crippen LogP contribution in [-0.2, 0) is 6.61 Å². The van der Waals surface area contributed by atoms with Gasteiger partial charge in [0.1, 0.15) is 0 Å². The molecule has 4 heteroatoms. The molecule has 0 amide bonds. The zero-order valence-electron chi connectivity index (χ0n) is 11.2. The zero-order valence-corrected chi connectivity index (χ0v) is 12.8. The molecule has 1 N–H and O–H groups in total. The maximum Gasteiger partial charge on any atom is 0.175 e. The van der Waals surface area contributed by atoms with Gasteiger partial charge < -0.3 is 14.6 Å². The third-order valence-electron chi connectivity index (χ3n) is 2.57. The molecule has 0 bridgehead atoms. The van der Waals surface area contributed by atoms with Gasteiger partial charge in [-0.1, -0.05) is 13.3 Å². The Hall–Kier alpha value is -0.740. The number of halogens is 1. The lowest BCUT2D eigenvalue weighted by molar-refractivity contribution is 0.195. The third-order valence-corrected chi connectivity index (χ3v) is 3.16. The average molecular weight is 317 g/mol. The van der Waals surface area contributed by atoms with Crippen LogP contribution in [0.5, 0.6) is 11.5 Å². The summed E-state index contributed by atoms with van der Waals surface area (Å²) in [6.07, 6.45) is 2.22. The lowest BCUT2D eigenvalue weighted by Crippen LogP contribution is -2.12. The van der Waals surface area contributed by atoms with Crippen LogP contribution in [0.15, 0.2) is 16.6 Å². The Morgan fingerprint density at radius 2 is 2.06 bits per heavy atom. The topological polar surface area (TPSA) is 38.7 Å². The fourth-order valence-electron chi connectivity index (χ4n) is 1.76. The van der Waals surface area contributed by atoms with E-state index in [1.54, 1.807) is 0 Å². The minimum Gasteiger partial charge on any atom is -0.490 e. The molecule has 0 aromatic heterocycles. The number of hydrogen-bond donors (Lipinski definition) is 1. The molecule has 1 aromatic rings. The predicted octanol–water partition coefficient (Wildman–Crippen LogP) is 3.91. The molecular formula is C14H21BrO3. The molecule has 1 atom stereocenters. The van der Waals surface area contributed by atoms with E-state index in [2.05, 4.69) is 22.9 Å². The predicted molar refractivity (Wildman–Crippen MR) is 76.2 cm³/mol. The molecule has 0 aliphatic rings. The Kier molecular flexibility index (Phi) is 6.50. The molecule has 1 unspecified atom stereocenters. The number of benzene rings is 1. The zero-order chi connectivity index (χ0) is 13.5. The Balaban J connectivity index is 2.99. The van der Waals surface area contributed by atoms with Crippen LogP contribution in [0.3, 0.4) is 0 Å². The lowest BCUT2D eigenvalue weighted by atomic mass is 10.2. The summed E-state index contributed by atoms with van der Waals surface area (Å²) >= 11 is 3.47. The first-order valence-corrected chi connectivity index (χ1v) is 7.14. The first kappa shape index (κ1) is 15.3. The Labute approximate surface area is 117 Å². The molecule has 1 aromatic carbocycles. The van der Waals surface area contributed by atoms with Crippen molar-refractivity contribution in [1.82, 2.24) is 0 Å². The summed E-state index contributed by atoms with van der Waals surface area (Å²) in [5, 5.41) is 9.19. The van der Waals surface area contributed by atoms with E-state index in [1.807, 2.05) is 26.0 Å². The van der Waals surface area contributed by atoms with Crippen molar-refractivity contribution in [3.8, 4) is 11.5 Å². The number of rotatable bonds is 7. The van der Waals surface area contributed by atoms with Crippen LogP contribution in [0.2, 0.25) is 0 Å². The van der Waals surface area contributed by atoms with E-state index in [9.17, 15) is 5.11 Å². The fraction of sp³-hybridized carbons (Fsp3) is 0.571. The molecule has 0 saturated heterocycles. The molecular weight excluding hydrogens is 296 g/mol. The molecule has 1 rings (SSSR count). The van der Waals surface area contributed by atoms with Gasteiger partial charge in [0.05, 0.1) is 23.8 Å². The van der Waals surface area contributed by atoms with Crippen LogP contribution < -0.4 is 9.47 Å². The van der Waals surface area contributed by atoms with Crippen molar-refractivity contribution in [3.63, 3.8) is 0 Å². The van der Waals surface area contributed by atoms with Crippen molar-refractivity contribution in [1.29, 1.82) is 0 Å². The standard InChI is InChI=1S/C14H21BrO3/c1-4-6-10(3)18-14-12(15)7-11(9-16)8-13(14)17-5-2/h7-8,10,16H,4-6,9H2,1-3H3. The normalized spacial score (nSPS) is 12.3. The summed E-state index contributed by atoms with van der Waals surface area (Å²) in [7, 11) is 0. The first-order chi connectivity index (χ1) is 8.62. The van der Waals surface area contributed by atoms with Gasteiger partial charge in [0.25, 0.3) is 0 Å². The Morgan fingerprint density at radius 1 is 1.33 bits per heavy atom. The van der Waals surface area contributed by atoms with Crippen molar-refractivity contribution in [2.45, 2.75) is 46.3 Å². The highest BCUT2D eigenvalue weighted by Gasteiger charge is 2.14. The van der Waals surface area contributed by atoms with E-state index in [0.29, 0.717) is 12.4 Å². The highest BCUT2D eigenvalue weighted by atomic mass is 79.9. The van der Waals surface area contributed by atoms with Crippen LogP contribution in [0.4, 0.5) is 0 Å². The first-order valence-electron chi connectivity index (χ1n) is 6.35. The smallest absolute Gasteiger partial charge is 0.175 e. The third kappa shape index (κ3) is 4.18. The molecule has 0 aliphatic heterocycles. The van der Waals surface area contributed by atoms with Crippen LogP contribution in [0, 0.1) is 0 Å². The van der Waals surface area contributed by atoms with Crippen molar-refractivity contribution >= 4 is 15.9 Å². The van der Waals surface area contributed by atoms with Gasteiger partial charge in [-0.15, -0.1) is 0 Å². The molecule has 0 spiro atoms. The molecule has 0 radical (unpaired) electrons. The fourth-order valence-corrected chi connectivity index (χ4v) is 2.34.